The van der Waals surface area contributed by atoms with Crippen LogP contribution in [0.25, 0.3) is 0 Å². The van der Waals surface area contributed by atoms with Crippen LogP contribution in [-0.2, 0) is 10.0 Å². The minimum absolute atomic E-state index is 0.191. The molecular weight excluding hydrogens is 260 g/mol. The van der Waals surface area contributed by atoms with Crippen molar-refractivity contribution in [1.29, 1.82) is 0 Å². The van der Waals surface area contributed by atoms with Crippen LogP contribution in [0.15, 0.2) is 29.2 Å². The highest BCUT2D eigenvalue weighted by Crippen LogP contribution is 2.17. The second-order valence-electron chi connectivity index (χ2n) is 3.66. The van der Waals surface area contributed by atoms with E-state index >= 15 is 0 Å². The maximum atomic E-state index is 11.9. The number of hydrogen-bond acceptors (Lipinski definition) is 5. The number of hydrogen-bond donors (Lipinski definition) is 2. The Bertz CT molecular complexity index is 525. The summed E-state index contributed by atoms with van der Waals surface area (Å²) in [5, 5.41) is 19.5. The molecule has 0 aliphatic heterocycles. The Balaban J connectivity index is 3.05. The van der Waals surface area contributed by atoms with E-state index in [0.29, 0.717) is 6.42 Å². The van der Waals surface area contributed by atoms with Gasteiger partial charge in [0.25, 0.3) is 5.69 Å². The molecule has 18 heavy (non-hydrogen) atoms. The molecule has 2 N–H and O–H groups in total. The molecule has 0 fully saturated rings. The minimum atomic E-state index is -3.85. The lowest BCUT2D eigenvalue weighted by atomic mass is 10.3. The average molecular weight is 274 g/mol. The fourth-order valence-corrected chi connectivity index (χ4v) is 2.65. The Hall–Kier alpha value is -1.51. The number of aliphatic hydroxyl groups is 1. The summed E-state index contributed by atoms with van der Waals surface area (Å²) in [7, 11) is -3.85. The number of sulfonamides is 1. The molecule has 0 aliphatic carbocycles. The van der Waals surface area contributed by atoms with Crippen LogP contribution in [0.5, 0.6) is 0 Å². The highest BCUT2D eigenvalue weighted by molar-refractivity contribution is 7.89. The highest BCUT2D eigenvalue weighted by Gasteiger charge is 2.20. The van der Waals surface area contributed by atoms with E-state index in [1.807, 2.05) is 0 Å². The second kappa shape index (κ2) is 5.89. The maximum absolute atomic E-state index is 11.9. The van der Waals surface area contributed by atoms with E-state index in [2.05, 4.69) is 4.72 Å². The van der Waals surface area contributed by atoms with E-state index in [0.717, 1.165) is 6.07 Å². The molecule has 1 atom stereocenters. The lowest BCUT2D eigenvalue weighted by Crippen LogP contribution is -2.36. The molecule has 0 bridgehead atoms. The van der Waals surface area contributed by atoms with E-state index in [1.54, 1.807) is 6.92 Å². The van der Waals surface area contributed by atoms with Crippen molar-refractivity contribution in [2.24, 2.45) is 0 Å². The van der Waals surface area contributed by atoms with Gasteiger partial charge in [-0.25, -0.2) is 13.1 Å². The summed E-state index contributed by atoms with van der Waals surface area (Å²) in [6.07, 6.45) is 0.421. The molecule has 1 unspecified atom stereocenters. The molecule has 0 saturated carbocycles. The van der Waals surface area contributed by atoms with Gasteiger partial charge in [0.2, 0.25) is 10.0 Å². The molecule has 0 aromatic heterocycles. The minimum Gasteiger partial charge on any atom is -0.395 e. The molecule has 0 heterocycles. The summed E-state index contributed by atoms with van der Waals surface area (Å²) < 4.78 is 26.1. The zero-order valence-corrected chi connectivity index (χ0v) is 10.6. The van der Waals surface area contributed by atoms with Crippen LogP contribution in [0, 0.1) is 10.1 Å². The summed E-state index contributed by atoms with van der Waals surface area (Å²) in [4.78, 5) is 9.71. The molecule has 8 heteroatoms. The van der Waals surface area contributed by atoms with Crippen molar-refractivity contribution in [2.75, 3.05) is 6.61 Å². The largest absolute Gasteiger partial charge is 0.395 e. The highest BCUT2D eigenvalue weighted by atomic mass is 32.2. The fourth-order valence-electron chi connectivity index (χ4n) is 1.30. The van der Waals surface area contributed by atoms with Gasteiger partial charge in [-0.2, -0.15) is 0 Å². The number of nitrogens with one attached hydrogen (secondary N) is 1. The second-order valence-corrected chi connectivity index (χ2v) is 5.38. The third kappa shape index (κ3) is 3.49. The van der Waals surface area contributed by atoms with Crippen LogP contribution < -0.4 is 4.72 Å². The summed E-state index contributed by atoms with van der Waals surface area (Å²) in [6, 6.07) is 4.15. The van der Waals surface area contributed by atoms with Crippen LogP contribution in [-0.4, -0.2) is 31.1 Å². The van der Waals surface area contributed by atoms with Gasteiger partial charge in [0.15, 0.2) is 0 Å². The van der Waals surface area contributed by atoms with Crippen molar-refractivity contribution in [3.63, 3.8) is 0 Å². The van der Waals surface area contributed by atoms with Crippen molar-refractivity contribution in [3.05, 3.63) is 34.4 Å². The van der Waals surface area contributed by atoms with Gasteiger partial charge < -0.3 is 5.11 Å². The van der Waals surface area contributed by atoms with Crippen LogP contribution in [0.3, 0.4) is 0 Å². The molecule has 0 aliphatic rings. The first-order valence-electron chi connectivity index (χ1n) is 5.28. The number of rotatable bonds is 6. The van der Waals surface area contributed by atoms with Crippen molar-refractivity contribution >= 4 is 15.7 Å². The zero-order chi connectivity index (χ0) is 13.8. The first kappa shape index (κ1) is 14.6. The van der Waals surface area contributed by atoms with Gasteiger partial charge in [-0.1, -0.05) is 13.0 Å². The standard InChI is InChI=1S/C10H14N2O5S/c1-2-8(7-13)11-18(16,17)10-5-3-4-9(6-10)12(14)15/h3-6,8,11,13H,2,7H2,1H3. The van der Waals surface area contributed by atoms with Gasteiger partial charge in [-0.15, -0.1) is 0 Å². The SMILES string of the molecule is CCC(CO)NS(=O)(=O)c1cccc([N+](=O)[O-])c1. The van der Waals surface area contributed by atoms with Gasteiger partial charge in [-0.05, 0) is 12.5 Å². The number of non-ortho nitro benzene ring substituents is 1. The quantitative estimate of drug-likeness (QED) is 0.584. The van der Waals surface area contributed by atoms with E-state index in [9.17, 15) is 18.5 Å². The normalized spacial score (nSPS) is 13.2. The van der Waals surface area contributed by atoms with Crippen molar-refractivity contribution in [2.45, 2.75) is 24.3 Å². The van der Waals surface area contributed by atoms with Crippen molar-refractivity contribution in [3.8, 4) is 0 Å². The summed E-state index contributed by atoms with van der Waals surface area (Å²) in [5.41, 5.74) is -0.296. The molecule has 7 nitrogen and oxygen atoms in total. The third-order valence-electron chi connectivity index (χ3n) is 2.37. The third-order valence-corrected chi connectivity index (χ3v) is 3.89. The Morgan fingerprint density at radius 3 is 2.67 bits per heavy atom. The topological polar surface area (TPSA) is 110 Å². The lowest BCUT2D eigenvalue weighted by molar-refractivity contribution is -0.385. The monoisotopic (exact) mass is 274 g/mol. The van der Waals surface area contributed by atoms with Crippen LogP contribution in [0.4, 0.5) is 5.69 Å². The molecule has 0 saturated heterocycles. The molecule has 1 aromatic carbocycles. The molecule has 1 aromatic rings. The average Bonchev–Trinajstić information content (AvgIpc) is 2.36. The zero-order valence-electron chi connectivity index (χ0n) is 9.74. The van der Waals surface area contributed by atoms with Gasteiger partial charge in [-0.3, -0.25) is 10.1 Å². The maximum Gasteiger partial charge on any atom is 0.270 e. The van der Waals surface area contributed by atoms with E-state index in [-0.39, 0.29) is 17.2 Å². The predicted octanol–water partition coefficient (Wildman–Crippen LogP) is 0.644. The molecule has 0 radical (unpaired) electrons. The fraction of sp³-hybridized carbons (Fsp3) is 0.400. The van der Waals surface area contributed by atoms with Crippen molar-refractivity contribution in [1.82, 2.24) is 4.72 Å². The van der Waals surface area contributed by atoms with E-state index < -0.39 is 21.0 Å². The Morgan fingerprint density at radius 1 is 1.50 bits per heavy atom. The lowest BCUT2D eigenvalue weighted by Gasteiger charge is -2.14. The first-order valence-corrected chi connectivity index (χ1v) is 6.76. The van der Waals surface area contributed by atoms with Gasteiger partial charge in [0.05, 0.1) is 16.4 Å². The van der Waals surface area contributed by atoms with Gasteiger partial charge in [0, 0.05) is 18.2 Å². The number of nitrogens with zero attached hydrogens (tertiary/aromatic N) is 1. The predicted molar refractivity (Wildman–Crippen MR) is 64.6 cm³/mol. The Morgan fingerprint density at radius 2 is 2.17 bits per heavy atom. The summed E-state index contributed by atoms with van der Waals surface area (Å²) >= 11 is 0. The first-order chi connectivity index (χ1) is 8.40. The molecule has 0 amide bonds. The molecule has 0 spiro atoms. The van der Waals surface area contributed by atoms with Gasteiger partial charge in [0.1, 0.15) is 0 Å². The Labute approximate surface area is 105 Å². The number of benzene rings is 1. The number of nitro groups is 1. The molecular formula is C10H14N2O5S. The number of aliphatic hydroxyl groups excluding tert-OH is 1. The van der Waals surface area contributed by atoms with Crippen LogP contribution in [0.2, 0.25) is 0 Å². The molecule has 100 valence electrons. The van der Waals surface area contributed by atoms with E-state index in [1.165, 1.54) is 18.2 Å². The number of nitro benzene ring substituents is 1. The Kier molecular flexibility index (Phi) is 4.76. The molecule has 1 rings (SSSR count). The van der Waals surface area contributed by atoms with Crippen LogP contribution in [0.1, 0.15) is 13.3 Å². The summed E-state index contributed by atoms with van der Waals surface area (Å²) in [6.45, 7) is 1.39. The van der Waals surface area contributed by atoms with E-state index in [4.69, 9.17) is 5.11 Å². The van der Waals surface area contributed by atoms with Crippen molar-refractivity contribution < 1.29 is 18.4 Å². The smallest absolute Gasteiger partial charge is 0.270 e. The van der Waals surface area contributed by atoms with Gasteiger partial charge >= 0.3 is 0 Å². The summed E-state index contributed by atoms with van der Waals surface area (Å²) in [5.74, 6) is 0. The van der Waals surface area contributed by atoms with Crippen LogP contribution >= 0.6 is 0 Å².